The highest BCUT2D eigenvalue weighted by atomic mass is 32.1. The van der Waals surface area contributed by atoms with E-state index in [1.54, 1.807) is 6.08 Å². The molecule has 2 aliphatic rings. The fraction of sp³-hybridized carbons (Fsp3) is 0.917. The van der Waals surface area contributed by atoms with Gasteiger partial charge in [0, 0.05) is 0 Å². The van der Waals surface area contributed by atoms with Gasteiger partial charge in [0.2, 0.25) is 0 Å². The summed E-state index contributed by atoms with van der Waals surface area (Å²) in [7, 11) is -3.38. The molecule has 0 radical (unpaired) electrons. The average molecular weight is 445 g/mol. The van der Waals surface area contributed by atoms with Crippen molar-refractivity contribution in [2.75, 3.05) is 0 Å². The molecule has 0 aromatic heterocycles. The maximum atomic E-state index is 14.2. The van der Waals surface area contributed by atoms with E-state index < -0.39 is 12.6 Å². The topological polar surface area (TPSA) is 35.5 Å². The number of rotatable bonds is 9. The molecule has 0 aliphatic heterocycles. The van der Waals surface area contributed by atoms with Crippen LogP contribution in [-0.4, -0.2) is 17.2 Å². The van der Waals surface area contributed by atoms with E-state index in [-0.39, 0.29) is 12.2 Å². The first-order valence-electron chi connectivity index (χ1n) is 11.8. The van der Waals surface area contributed by atoms with Gasteiger partial charge in [-0.25, -0.2) is 0 Å². The highest BCUT2D eigenvalue weighted by Gasteiger charge is 2.44. The van der Waals surface area contributed by atoms with Crippen molar-refractivity contribution in [1.82, 2.24) is 0 Å². The largest absolute Gasteiger partial charge is 0.344 e. The summed E-state index contributed by atoms with van der Waals surface area (Å²) >= 11 is 4.71. The van der Waals surface area contributed by atoms with Crippen LogP contribution >= 0.6 is 20.2 Å². The van der Waals surface area contributed by atoms with Crippen LogP contribution < -0.4 is 0 Å². The number of thiol groups is 1. The van der Waals surface area contributed by atoms with E-state index in [9.17, 15) is 4.57 Å². The molecule has 0 unspecified atom stereocenters. The minimum absolute atomic E-state index is 0.0115. The molecule has 170 valence electrons. The van der Waals surface area contributed by atoms with Gasteiger partial charge in [0.05, 0.1) is 12.2 Å². The highest BCUT2D eigenvalue weighted by Crippen LogP contribution is 2.61. The maximum Gasteiger partial charge on any atom is 0.344 e. The van der Waals surface area contributed by atoms with Crippen molar-refractivity contribution < 1.29 is 13.6 Å². The van der Waals surface area contributed by atoms with Gasteiger partial charge in [0.1, 0.15) is 4.99 Å². The van der Waals surface area contributed by atoms with Crippen molar-refractivity contribution in [3.05, 3.63) is 12.7 Å². The summed E-state index contributed by atoms with van der Waals surface area (Å²) in [6.07, 6.45) is 8.92. The zero-order chi connectivity index (χ0) is 21.8. The Kier molecular flexibility index (Phi) is 9.85. The number of allylic oxidation sites excluding steroid dienone is 1. The third-order valence-electron chi connectivity index (χ3n) is 7.23. The van der Waals surface area contributed by atoms with Gasteiger partial charge in [-0.3, -0.25) is 4.57 Å². The summed E-state index contributed by atoms with van der Waals surface area (Å²) in [6, 6.07) is 0. The highest BCUT2D eigenvalue weighted by molar-refractivity contribution is 7.90. The first-order chi connectivity index (χ1) is 13.6. The monoisotopic (exact) mass is 444 g/mol. The van der Waals surface area contributed by atoms with E-state index in [4.69, 9.17) is 21.7 Å². The molecule has 0 spiro atoms. The molecule has 0 amide bonds. The molecule has 0 saturated heterocycles. The van der Waals surface area contributed by atoms with Gasteiger partial charge in [-0.05, 0) is 67.6 Å². The van der Waals surface area contributed by atoms with Gasteiger partial charge in [0.25, 0.3) is 0 Å². The first-order valence-corrected chi connectivity index (χ1v) is 14.0. The molecule has 2 saturated carbocycles. The Morgan fingerprint density at radius 2 is 1.34 bits per heavy atom. The zero-order valence-corrected chi connectivity index (χ0v) is 21.3. The van der Waals surface area contributed by atoms with Crippen LogP contribution in [0.1, 0.15) is 86.5 Å². The van der Waals surface area contributed by atoms with E-state index in [2.05, 4.69) is 48.1 Å². The van der Waals surface area contributed by atoms with E-state index >= 15 is 0 Å². The van der Waals surface area contributed by atoms with Crippen molar-refractivity contribution in [2.45, 2.75) is 104 Å². The van der Waals surface area contributed by atoms with Crippen LogP contribution in [-0.2, 0) is 13.6 Å². The Bertz CT molecular complexity index is 526. The number of hydrogen-bond acceptors (Lipinski definition) is 4. The lowest BCUT2D eigenvalue weighted by atomic mass is 9.75. The predicted molar refractivity (Wildman–Crippen MR) is 128 cm³/mol. The molecule has 0 aromatic rings. The summed E-state index contributed by atoms with van der Waals surface area (Å²) in [5, 5.41) is 0. The van der Waals surface area contributed by atoms with Crippen molar-refractivity contribution in [2.24, 2.45) is 35.5 Å². The molecule has 0 aromatic carbocycles. The van der Waals surface area contributed by atoms with Gasteiger partial charge >= 0.3 is 7.60 Å². The van der Waals surface area contributed by atoms with Crippen LogP contribution in [0, 0.1) is 35.5 Å². The Morgan fingerprint density at radius 3 is 1.69 bits per heavy atom. The van der Waals surface area contributed by atoms with E-state index in [1.165, 1.54) is 12.8 Å². The van der Waals surface area contributed by atoms with E-state index in [1.807, 2.05) is 0 Å². The van der Waals surface area contributed by atoms with E-state index in [0.717, 1.165) is 25.7 Å². The van der Waals surface area contributed by atoms with E-state index in [0.29, 0.717) is 41.9 Å². The second kappa shape index (κ2) is 11.2. The second-order valence-corrected chi connectivity index (χ2v) is 13.6. The third kappa shape index (κ3) is 6.86. The molecule has 2 rings (SSSR count). The van der Waals surface area contributed by atoms with Gasteiger partial charge in [-0.1, -0.05) is 60.5 Å². The molecule has 0 heterocycles. The van der Waals surface area contributed by atoms with Crippen molar-refractivity contribution in [3.63, 3.8) is 0 Å². The van der Waals surface area contributed by atoms with Crippen LogP contribution in [0.15, 0.2) is 12.7 Å². The van der Waals surface area contributed by atoms with Gasteiger partial charge in [0.15, 0.2) is 0 Å². The molecule has 3 nitrogen and oxygen atoms in total. The first kappa shape index (κ1) is 25.5. The minimum Gasteiger partial charge on any atom is -0.304 e. The standard InChI is InChI=1S/C24H45O3PS/c1-8-9-24(29)28(25,26-22-14-18(6)10-12-20(22)16(2)3)27-23-15-19(7)11-13-21(23)17(4)5/h8,16-24,29H,1,9-15H2,2-7H3/t18-,19-,20+,21+,22-,23-,24-/m1/s1. The van der Waals surface area contributed by atoms with Gasteiger partial charge < -0.3 is 9.05 Å². The predicted octanol–water partition coefficient (Wildman–Crippen LogP) is 7.97. The van der Waals surface area contributed by atoms with Crippen LogP contribution in [0.3, 0.4) is 0 Å². The molecule has 0 bridgehead atoms. The molecule has 29 heavy (non-hydrogen) atoms. The summed E-state index contributed by atoms with van der Waals surface area (Å²) in [5.41, 5.74) is 0. The third-order valence-corrected chi connectivity index (χ3v) is 10.4. The summed E-state index contributed by atoms with van der Waals surface area (Å²) in [6.45, 7) is 17.4. The SMILES string of the molecule is C=CC[C@@H](S)P(=O)(O[C@@H]1C[C@H](C)CC[C@H]1C(C)C)O[C@@H]1C[C@H](C)CC[C@H]1C(C)C. The Labute approximate surface area is 185 Å². The smallest absolute Gasteiger partial charge is 0.304 e. The summed E-state index contributed by atoms with van der Waals surface area (Å²) in [5.74, 6) is 3.07. The van der Waals surface area contributed by atoms with Crippen molar-refractivity contribution in [1.29, 1.82) is 0 Å². The zero-order valence-electron chi connectivity index (χ0n) is 19.5. The quantitative estimate of drug-likeness (QED) is 0.222. The molecule has 0 N–H and O–H groups in total. The number of hydrogen-bond donors (Lipinski definition) is 1. The summed E-state index contributed by atoms with van der Waals surface area (Å²) < 4.78 is 27.2. The molecule has 2 aliphatic carbocycles. The summed E-state index contributed by atoms with van der Waals surface area (Å²) in [4.78, 5) is -0.449. The molecular weight excluding hydrogens is 399 g/mol. The molecular formula is C24H45O3PS. The van der Waals surface area contributed by atoms with Crippen LogP contribution in [0.5, 0.6) is 0 Å². The Balaban J connectivity index is 2.27. The Hall–Kier alpha value is 0.240. The minimum atomic E-state index is -3.38. The van der Waals surface area contributed by atoms with Crippen LogP contribution in [0.25, 0.3) is 0 Å². The van der Waals surface area contributed by atoms with Crippen LogP contribution in [0.2, 0.25) is 0 Å². The molecule has 7 atom stereocenters. The molecule has 5 heteroatoms. The van der Waals surface area contributed by atoms with Crippen molar-refractivity contribution >= 4 is 20.2 Å². The maximum absolute atomic E-state index is 14.2. The van der Waals surface area contributed by atoms with Gasteiger partial charge in [-0.2, -0.15) is 12.6 Å². The lowest BCUT2D eigenvalue weighted by Gasteiger charge is -2.42. The lowest BCUT2D eigenvalue weighted by Crippen LogP contribution is -2.37. The fourth-order valence-electron chi connectivity index (χ4n) is 5.29. The lowest BCUT2D eigenvalue weighted by molar-refractivity contribution is -0.00402. The van der Waals surface area contributed by atoms with Crippen LogP contribution in [0.4, 0.5) is 0 Å². The molecule has 2 fully saturated rings. The van der Waals surface area contributed by atoms with Gasteiger partial charge in [-0.15, -0.1) is 6.58 Å². The average Bonchev–Trinajstić information content (AvgIpc) is 2.61. The second-order valence-electron chi connectivity index (χ2n) is 10.5. The Morgan fingerprint density at radius 1 is 0.931 bits per heavy atom. The normalized spacial score (nSPS) is 35.1. The van der Waals surface area contributed by atoms with Crippen molar-refractivity contribution in [3.8, 4) is 0 Å². The fourth-order valence-corrected chi connectivity index (χ4v) is 7.75.